The number of methoxy groups -OCH3 is 1. The van der Waals surface area contributed by atoms with Gasteiger partial charge in [0.1, 0.15) is 17.3 Å². The Hall–Kier alpha value is -3.34. The third kappa shape index (κ3) is 4.07. The second-order valence-electron chi connectivity index (χ2n) is 7.72. The van der Waals surface area contributed by atoms with Gasteiger partial charge in [0.25, 0.3) is 5.91 Å². The van der Waals surface area contributed by atoms with E-state index in [0.29, 0.717) is 42.0 Å². The van der Waals surface area contributed by atoms with Gasteiger partial charge in [-0.1, -0.05) is 6.07 Å². The van der Waals surface area contributed by atoms with Gasteiger partial charge in [0.15, 0.2) is 10.7 Å². The number of carbonyl (C=O) groups is 1. The fourth-order valence-corrected chi connectivity index (χ4v) is 3.56. The average molecular weight is 458 g/mol. The maximum absolute atomic E-state index is 13.4. The summed E-state index contributed by atoms with van der Waals surface area (Å²) in [5.41, 5.74) is 2.98. The van der Waals surface area contributed by atoms with Gasteiger partial charge in [-0.2, -0.15) is 10.1 Å². The first-order chi connectivity index (χ1) is 15.2. The maximum Gasteiger partial charge on any atom is 0.260 e. The van der Waals surface area contributed by atoms with Crippen molar-refractivity contribution in [2.24, 2.45) is 0 Å². The lowest BCUT2D eigenvalue weighted by Gasteiger charge is -2.39. The van der Waals surface area contributed by atoms with E-state index in [9.17, 15) is 9.18 Å². The molecule has 9 nitrogen and oxygen atoms in total. The number of carbonyl (C=O) groups excluding carboxylic acids is 1. The van der Waals surface area contributed by atoms with Crippen LogP contribution in [0, 0.1) is 12.7 Å². The van der Waals surface area contributed by atoms with Crippen molar-refractivity contribution in [2.75, 3.05) is 29.7 Å². The molecule has 2 aromatic heterocycles. The standard InChI is InChI=1S/C21H24FN7O2S/c1-12-17-18(28(3)21(2,32)19(30)26-17)27-20(25-12)23-8-13-9-24-29(10-13)11-14-5-6-15(22)7-16(14)31-4/h5-7,9-10,32H,8,11H2,1-4H3,(H,26,30)(H,23,25,27)/t21-/m0/s1. The number of likely N-dealkylation sites (N-methyl/N-ethyl adjacent to an activating group) is 1. The zero-order valence-electron chi connectivity index (χ0n) is 18.2. The lowest BCUT2D eigenvalue weighted by atomic mass is 10.1. The number of aryl methyl sites for hydroxylation is 1. The van der Waals surface area contributed by atoms with E-state index in [-0.39, 0.29) is 11.7 Å². The fourth-order valence-electron chi connectivity index (χ4n) is 3.41. The highest BCUT2D eigenvalue weighted by molar-refractivity contribution is 7.82. The normalized spacial score (nSPS) is 17.7. The first kappa shape index (κ1) is 21.9. The molecule has 0 saturated carbocycles. The molecule has 2 N–H and O–H groups in total. The number of ether oxygens (including phenoxy) is 1. The molecule has 0 unspecified atom stereocenters. The smallest absolute Gasteiger partial charge is 0.260 e. The van der Waals surface area contributed by atoms with Crippen molar-refractivity contribution in [3.63, 3.8) is 0 Å². The number of hydrogen-bond acceptors (Lipinski definition) is 8. The summed E-state index contributed by atoms with van der Waals surface area (Å²) in [6, 6.07) is 4.43. The molecular weight excluding hydrogens is 433 g/mol. The van der Waals surface area contributed by atoms with Crippen LogP contribution in [0.4, 0.5) is 21.8 Å². The summed E-state index contributed by atoms with van der Waals surface area (Å²) in [6.45, 7) is 4.43. The van der Waals surface area contributed by atoms with E-state index >= 15 is 0 Å². The highest BCUT2D eigenvalue weighted by Crippen LogP contribution is 2.38. The number of nitrogens with zero attached hydrogens (tertiary/aromatic N) is 5. The second kappa shape index (κ2) is 8.30. The number of hydrogen-bond donors (Lipinski definition) is 3. The Morgan fingerprint density at radius 2 is 2.12 bits per heavy atom. The van der Waals surface area contributed by atoms with E-state index < -0.39 is 4.87 Å². The summed E-state index contributed by atoms with van der Waals surface area (Å²) in [5.74, 6) is 0.927. The number of benzene rings is 1. The number of amides is 1. The molecule has 1 amide bonds. The summed E-state index contributed by atoms with van der Waals surface area (Å²) < 4.78 is 20.4. The van der Waals surface area contributed by atoms with Gasteiger partial charge >= 0.3 is 0 Å². The molecule has 0 radical (unpaired) electrons. The molecule has 0 spiro atoms. The lowest BCUT2D eigenvalue weighted by molar-refractivity contribution is -0.118. The molecule has 1 aliphatic heterocycles. The van der Waals surface area contributed by atoms with Gasteiger partial charge in [0.2, 0.25) is 5.95 Å². The first-order valence-corrected chi connectivity index (χ1v) is 10.4. The third-order valence-electron chi connectivity index (χ3n) is 5.43. The minimum Gasteiger partial charge on any atom is -0.496 e. The Morgan fingerprint density at radius 3 is 2.88 bits per heavy atom. The van der Waals surface area contributed by atoms with Crippen LogP contribution in [0.2, 0.25) is 0 Å². The number of aromatic nitrogens is 4. The minimum atomic E-state index is -1.02. The van der Waals surface area contributed by atoms with Crippen LogP contribution in [0.5, 0.6) is 5.75 Å². The SMILES string of the molecule is COc1cc(F)ccc1Cn1cc(CNc2nc(C)c3c(n2)N(C)[C@@](C)(S)C(=O)N3)cn1. The van der Waals surface area contributed by atoms with Crippen LogP contribution in [0.25, 0.3) is 0 Å². The Labute approximate surface area is 190 Å². The zero-order valence-corrected chi connectivity index (χ0v) is 19.1. The Kier molecular flexibility index (Phi) is 5.68. The highest BCUT2D eigenvalue weighted by Gasteiger charge is 2.41. The topological polar surface area (TPSA) is 97.2 Å². The molecule has 32 heavy (non-hydrogen) atoms. The third-order valence-corrected chi connectivity index (χ3v) is 5.93. The van der Waals surface area contributed by atoms with E-state index in [1.165, 1.54) is 19.2 Å². The van der Waals surface area contributed by atoms with Crippen molar-refractivity contribution in [3.05, 3.63) is 53.2 Å². The number of nitrogens with one attached hydrogen (secondary N) is 2. The highest BCUT2D eigenvalue weighted by atomic mass is 32.1. The molecule has 4 rings (SSSR count). The lowest BCUT2D eigenvalue weighted by Crippen LogP contribution is -2.53. The van der Waals surface area contributed by atoms with Crippen LogP contribution in [0.15, 0.2) is 30.6 Å². The van der Waals surface area contributed by atoms with E-state index in [0.717, 1.165) is 11.1 Å². The summed E-state index contributed by atoms with van der Waals surface area (Å²) in [7, 11) is 3.28. The largest absolute Gasteiger partial charge is 0.496 e. The van der Waals surface area contributed by atoms with Crippen molar-refractivity contribution < 1.29 is 13.9 Å². The second-order valence-corrected chi connectivity index (χ2v) is 8.59. The molecule has 1 aromatic carbocycles. The summed E-state index contributed by atoms with van der Waals surface area (Å²) in [4.78, 5) is 22.0. The van der Waals surface area contributed by atoms with Gasteiger partial charge in [-0.05, 0) is 19.9 Å². The maximum atomic E-state index is 13.4. The van der Waals surface area contributed by atoms with Crippen molar-refractivity contribution in [1.29, 1.82) is 0 Å². The molecule has 11 heteroatoms. The van der Waals surface area contributed by atoms with Gasteiger partial charge in [0.05, 0.1) is 25.5 Å². The molecular formula is C21H24FN7O2S. The number of halogens is 1. The first-order valence-electron chi connectivity index (χ1n) is 9.93. The fraction of sp³-hybridized carbons (Fsp3) is 0.333. The van der Waals surface area contributed by atoms with Crippen LogP contribution in [0.1, 0.15) is 23.7 Å². The summed E-state index contributed by atoms with van der Waals surface area (Å²) in [6.07, 6.45) is 3.63. The molecule has 0 saturated heterocycles. The predicted molar refractivity (Wildman–Crippen MR) is 123 cm³/mol. The van der Waals surface area contributed by atoms with Crippen molar-refractivity contribution in [2.45, 2.75) is 31.8 Å². The predicted octanol–water partition coefficient (Wildman–Crippen LogP) is 2.82. The monoisotopic (exact) mass is 457 g/mol. The minimum absolute atomic E-state index is 0.228. The van der Waals surface area contributed by atoms with Crippen molar-refractivity contribution in [1.82, 2.24) is 19.7 Å². The van der Waals surface area contributed by atoms with Crippen molar-refractivity contribution in [3.8, 4) is 5.75 Å². The Bertz CT molecular complexity index is 1180. The van der Waals surface area contributed by atoms with Crippen LogP contribution in [0.3, 0.4) is 0 Å². The number of rotatable bonds is 6. The summed E-state index contributed by atoms with van der Waals surface area (Å²) >= 11 is 4.47. The summed E-state index contributed by atoms with van der Waals surface area (Å²) in [5, 5.41) is 10.4. The molecule has 168 valence electrons. The number of anilines is 3. The van der Waals surface area contributed by atoms with Gasteiger partial charge < -0.3 is 20.3 Å². The number of fused-ring (bicyclic) bond motifs is 1. The average Bonchev–Trinajstić information content (AvgIpc) is 3.20. The van der Waals surface area contributed by atoms with Crippen LogP contribution in [-0.4, -0.2) is 44.7 Å². The number of thiol groups is 1. The Balaban J connectivity index is 1.48. The van der Waals surface area contributed by atoms with Gasteiger partial charge in [-0.3, -0.25) is 9.48 Å². The van der Waals surface area contributed by atoms with E-state index in [1.54, 1.807) is 35.8 Å². The van der Waals surface area contributed by atoms with E-state index in [1.807, 2.05) is 13.1 Å². The van der Waals surface area contributed by atoms with Gasteiger partial charge in [-0.15, -0.1) is 12.6 Å². The molecule has 3 aromatic rings. The quantitative estimate of drug-likeness (QED) is 0.490. The van der Waals surface area contributed by atoms with Crippen LogP contribution in [-0.2, 0) is 17.9 Å². The molecule has 1 atom stereocenters. The van der Waals surface area contributed by atoms with Gasteiger partial charge in [0, 0.05) is 37.0 Å². The molecule has 0 fully saturated rings. The molecule has 0 bridgehead atoms. The molecule has 0 aliphatic carbocycles. The Morgan fingerprint density at radius 1 is 1.34 bits per heavy atom. The van der Waals surface area contributed by atoms with E-state index in [2.05, 4.69) is 38.3 Å². The van der Waals surface area contributed by atoms with Crippen LogP contribution >= 0.6 is 12.6 Å². The zero-order chi connectivity index (χ0) is 23.0. The van der Waals surface area contributed by atoms with Crippen molar-refractivity contribution >= 4 is 36.0 Å². The van der Waals surface area contributed by atoms with Gasteiger partial charge in [-0.25, -0.2) is 9.37 Å². The van der Waals surface area contributed by atoms with Crippen LogP contribution < -0.4 is 20.3 Å². The molecule has 1 aliphatic rings. The molecule has 3 heterocycles. The van der Waals surface area contributed by atoms with E-state index in [4.69, 9.17) is 4.74 Å².